The third-order valence-corrected chi connectivity index (χ3v) is 5.14. The summed E-state index contributed by atoms with van der Waals surface area (Å²) in [5.41, 5.74) is 1.53. The van der Waals surface area contributed by atoms with Crippen molar-refractivity contribution in [2.45, 2.75) is 24.9 Å². The molecule has 3 N–H and O–H groups in total. The highest BCUT2D eigenvalue weighted by molar-refractivity contribution is 5.98. The first-order chi connectivity index (χ1) is 16.3. The summed E-state index contributed by atoms with van der Waals surface area (Å²) in [6.07, 6.45) is 0.0822. The lowest BCUT2D eigenvalue weighted by molar-refractivity contribution is -0.384. The molecule has 1 unspecified atom stereocenters. The largest absolute Gasteiger partial charge is 0.480 e. The summed E-state index contributed by atoms with van der Waals surface area (Å²) in [5.74, 6) is -2.38. The molecule has 0 aliphatic heterocycles. The summed E-state index contributed by atoms with van der Waals surface area (Å²) in [7, 11) is 0. The molecule has 0 bridgehead atoms. The summed E-state index contributed by atoms with van der Waals surface area (Å²) in [6, 6.07) is 20.4. The number of nitro benzene ring substituents is 1. The van der Waals surface area contributed by atoms with Crippen LogP contribution in [-0.2, 0) is 22.4 Å². The predicted octanol–water partition coefficient (Wildman–Crippen LogP) is 2.75. The maximum atomic E-state index is 13.1. The van der Waals surface area contributed by atoms with Crippen LogP contribution in [0.3, 0.4) is 0 Å². The van der Waals surface area contributed by atoms with Crippen molar-refractivity contribution in [1.29, 1.82) is 0 Å². The molecule has 3 rings (SSSR count). The number of hydrogen-bond donors (Lipinski definition) is 3. The average molecular weight is 461 g/mol. The zero-order valence-electron chi connectivity index (χ0n) is 18.1. The number of carboxylic acids is 1. The smallest absolute Gasteiger partial charge is 0.326 e. The normalized spacial score (nSPS) is 12.2. The van der Waals surface area contributed by atoms with Crippen LogP contribution in [0.1, 0.15) is 21.5 Å². The van der Waals surface area contributed by atoms with Gasteiger partial charge in [0.15, 0.2) is 0 Å². The minimum absolute atomic E-state index is 0.0140. The number of non-ortho nitro benzene ring substituents is 1. The molecule has 0 aliphatic carbocycles. The molecule has 174 valence electrons. The van der Waals surface area contributed by atoms with Crippen molar-refractivity contribution in [3.63, 3.8) is 0 Å². The fourth-order valence-electron chi connectivity index (χ4n) is 3.35. The lowest BCUT2D eigenvalue weighted by Crippen LogP contribution is -2.53. The van der Waals surface area contributed by atoms with Gasteiger partial charge in [-0.05, 0) is 23.3 Å². The van der Waals surface area contributed by atoms with Gasteiger partial charge in [0.25, 0.3) is 11.6 Å². The number of nitrogens with one attached hydrogen (secondary N) is 2. The molecule has 0 saturated heterocycles. The summed E-state index contributed by atoms with van der Waals surface area (Å²) >= 11 is 0. The zero-order valence-corrected chi connectivity index (χ0v) is 18.1. The maximum absolute atomic E-state index is 13.1. The summed E-state index contributed by atoms with van der Waals surface area (Å²) in [4.78, 5) is 48.0. The second-order valence-corrected chi connectivity index (χ2v) is 7.61. The number of benzene rings is 3. The molecule has 3 aromatic rings. The van der Waals surface area contributed by atoms with Crippen molar-refractivity contribution in [1.82, 2.24) is 10.6 Å². The van der Waals surface area contributed by atoms with Gasteiger partial charge in [0.2, 0.25) is 5.91 Å². The van der Waals surface area contributed by atoms with Gasteiger partial charge in [-0.3, -0.25) is 19.7 Å². The standard InChI is InChI=1S/C25H23N3O6/c29-23(19-9-5-2-6-10-19)26-21(15-18-11-13-20(14-12-18)28(33)34)24(30)27-22(25(31)32)16-17-7-3-1-4-8-17/h1-14,21-22H,15-16H2,(H,26,29)(H,27,30)(H,31,32)/t21-,22?/m0/s1. The van der Waals surface area contributed by atoms with Crippen LogP contribution < -0.4 is 10.6 Å². The highest BCUT2D eigenvalue weighted by atomic mass is 16.6. The van der Waals surface area contributed by atoms with Crippen molar-refractivity contribution >= 4 is 23.5 Å². The topological polar surface area (TPSA) is 139 Å². The van der Waals surface area contributed by atoms with E-state index < -0.39 is 34.8 Å². The Bertz CT molecular complexity index is 1150. The molecule has 0 heterocycles. The molecule has 9 nitrogen and oxygen atoms in total. The molecule has 2 amide bonds. The Balaban J connectivity index is 1.80. The van der Waals surface area contributed by atoms with Gasteiger partial charge in [0, 0.05) is 30.5 Å². The molecule has 2 atom stereocenters. The summed E-state index contributed by atoms with van der Waals surface area (Å²) < 4.78 is 0. The van der Waals surface area contributed by atoms with Crippen LogP contribution in [0.15, 0.2) is 84.9 Å². The van der Waals surface area contributed by atoms with E-state index in [2.05, 4.69) is 10.6 Å². The van der Waals surface area contributed by atoms with Crippen LogP contribution in [0.25, 0.3) is 0 Å². The molecule has 0 radical (unpaired) electrons. The number of hydrogen-bond acceptors (Lipinski definition) is 5. The number of aliphatic carboxylic acids is 1. The molecule has 9 heteroatoms. The SMILES string of the molecule is O=C(N[C@@H](Cc1ccc([N+](=O)[O-])cc1)C(=O)NC(Cc1ccccc1)C(=O)O)c1ccccc1. The van der Waals surface area contributed by atoms with Crippen LogP contribution in [0.5, 0.6) is 0 Å². The second kappa shape index (κ2) is 11.4. The highest BCUT2D eigenvalue weighted by Crippen LogP contribution is 2.14. The van der Waals surface area contributed by atoms with E-state index in [1.807, 2.05) is 0 Å². The Morgan fingerprint density at radius 1 is 0.765 bits per heavy atom. The number of rotatable bonds is 10. The molecule has 0 fully saturated rings. The van der Waals surface area contributed by atoms with E-state index >= 15 is 0 Å². The third-order valence-electron chi connectivity index (χ3n) is 5.14. The molecule has 3 aromatic carbocycles. The van der Waals surface area contributed by atoms with Gasteiger partial charge in [-0.2, -0.15) is 0 Å². The monoisotopic (exact) mass is 461 g/mol. The van der Waals surface area contributed by atoms with Crippen LogP contribution in [0.2, 0.25) is 0 Å². The first-order valence-electron chi connectivity index (χ1n) is 10.5. The third kappa shape index (κ3) is 6.73. The lowest BCUT2D eigenvalue weighted by Gasteiger charge is -2.22. The van der Waals surface area contributed by atoms with Gasteiger partial charge in [-0.25, -0.2) is 4.79 Å². The van der Waals surface area contributed by atoms with Crippen LogP contribution in [0, 0.1) is 10.1 Å². The Kier molecular flexibility index (Phi) is 8.07. The van der Waals surface area contributed by atoms with Crippen molar-refractivity contribution in [2.75, 3.05) is 0 Å². The van der Waals surface area contributed by atoms with Gasteiger partial charge < -0.3 is 15.7 Å². The number of carbonyl (C=O) groups excluding carboxylic acids is 2. The Labute approximate surface area is 195 Å². The number of nitrogens with zero attached hydrogens (tertiary/aromatic N) is 1. The van der Waals surface area contributed by atoms with Gasteiger partial charge in [0.1, 0.15) is 12.1 Å². The molecular weight excluding hydrogens is 438 g/mol. The minimum atomic E-state index is -1.21. The van der Waals surface area contributed by atoms with E-state index in [1.165, 1.54) is 24.3 Å². The van der Waals surface area contributed by atoms with E-state index in [0.717, 1.165) is 5.56 Å². The Morgan fingerprint density at radius 3 is 1.85 bits per heavy atom. The lowest BCUT2D eigenvalue weighted by atomic mass is 10.0. The molecular formula is C25H23N3O6. The maximum Gasteiger partial charge on any atom is 0.326 e. The quantitative estimate of drug-likeness (QED) is 0.313. The van der Waals surface area contributed by atoms with Crippen molar-refractivity contribution in [2.24, 2.45) is 0 Å². The molecule has 0 saturated carbocycles. The highest BCUT2D eigenvalue weighted by Gasteiger charge is 2.27. The molecule has 0 aromatic heterocycles. The van der Waals surface area contributed by atoms with E-state index in [1.54, 1.807) is 60.7 Å². The fourth-order valence-corrected chi connectivity index (χ4v) is 3.35. The van der Waals surface area contributed by atoms with E-state index in [9.17, 15) is 29.6 Å². The van der Waals surface area contributed by atoms with Gasteiger partial charge in [0.05, 0.1) is 4.92 Å². The van der Waals surface area contributed by atoms with E-state index in [-0.39, 0.29) is 18.5 Å². The number of nitro groups is 1. The first kappa shape index (κ1) is 24.1. The van der Waals surface area contributed by atoms with Gasteiger partial charge in [-0.15, -0.1) is 0 Å². The van der Waals surface area contributed by atoms with E-state index in [0.29, 0.717) is 11.1 Å². The predicted molar refractivity (Wildman–Crippen MR) is 124 cm³/mol. The van der Waals surface area contributed by atoms with Crippen molar-refractivity contribution in [3.05, 3.63) is 112 Å². The molecule has 0 aliphatic rings. The van der Waals surface area contributed by atoms with E-state index in [4.69, 9.17) is 0 Å². The van der Waals surface area contributed by atoms with Crippen molar-refractivity contribution in [3.8, 4) is 0 Å². The fraction of sp³-hybridized carbons (Fsp3) is 0.160. The summed E-state index contributed by atoms with van der Waals surface area (Å²) in [5, 5.41) is 25.7. The number of carboxylic acid groups (broad SMARTS) is 1. The van der Waals surface area contributed by atoms with Gasteiger partial charge >= 0.3 is 5.97 Å². The average Bonchev–Trinajstić information content (AvgIpc) is 2.84. The van der Waals surface area contributed by atoms with Crippen LogP contribution >= 0.6 is 0 Å². The molecule has 0 spiro atoms. The number of amides is 2. The minimum Gasteiger partial charge on any atom is -0.480 e. The first-order valence-corrected chi connectivity index (χ1v) is 10.5. The van der Waals surface area contributed by atoms with Gasteiger partial charge in [-0.1, -0.05) is 60.7 Å². The Morgan fingerprint density at radius 2 is 1.29 bits per heavy atom. The zero-order chi connectivity index (χ0) is 24.5. The molecule has 34 heavy (non-hydrogen) atoms. The van der Waals surface area contributed by atoms with Crippen LogP contribution in [0.4, 0.5) is 5.69 Å². The summed E-state index contributed by atoms with van der Waals surface area (Å²) in [6.45, 7) is 0. The second-order valence-electron chi connectivity index (χ2n) is 7.61. The number of carbonyl (C=O) groups is 3. The Hall–Kier alpha value is -4.53. The van der Waals surface area contributed by atoms with Crippen molar-refractivity contribution < 1.29 is 24.4 Å². The van der Waals surface area contributed by atoms with Crippen LogP contribution in [-0.4, -0.2) is 39.9 Å².